The highest BCUT2D eigenvalue weighted by Gasteiger charge is 2.18. The number of benzene rings is 1. The van der Waals surface area contributed by atoms with Crippen LogP contribution in [-0.2, 0) is 12.8 Å². The van der Waals surface area contributed by atoms with Gasteiger partial charge in [-0.3, -0.25) is 0 Å². The third-order valence-corrected chi connectivity index (χ3v) is 4.76. The molecule has 0 saturated carbocycles. The fourth-order valence-electron chi connectivity index (χ4n) is 2.03. The minimum Gasteiger partial charge on any atom is -0.323 e. The summed E-state index contributed by atoms with van der Waals surface area (Å²) in [5, 5.41) is 1.96. The van der Waals surface area contributed by atoms with Crippen LogP contribution in [0.25, 0.3) is 0 Å². The molecule has 1 aromatic carbocycles. The number of halogens is 3. The average molecular weight is 346 g/mol. The average Bonchev–Trinajstić information content (AvgIpc) is 2.87. The Labute approximate surface area is 123 Å². The maximum atomic E-state index is 13.9. The maximum Gasteiger partial charge on any atom is 0.143 e. The largest absolute Gasteiger partial charge is 0.323 e. The smallest absolute Gasteiger partial charge is 0.143 e. The molecule has 0 aliphatic rings. The standard InChI is InChI=1S/C14H14BrF2NS/c1-2-8-5-6-19-14(8)12(18)7-9-11(16)4-3-10(15)13(9)17/h3-6,12H,2,7,18H2,1H3. The molecule has 0 aliphatic carbocycles. The van der Waals surface area contributed by atoms with Crippen molar-refractivity contribution in [3.8, 4) is 0 Å². The third-order valence-electron chi connectivity index (χ3n) is 3.06. The molecular formula is C14H14BrF2NS. The number of thiophene rings is 1. The van der Waals surface area contributed by atoms with Crippen LogP contribution in [-0.4, -0.2) is 0 Å². The lowest BCUT2D eigenvalue weighted by atomic mass is 10.0. The molecule has 1 atom stereocenters. The van der Waals surface area contributed by atoms with Crippen molar-refractivity contribution in [2.75, 3.05) is 0 Å². The van der Waals surface area contributed by atoms with Gasteiger partial charge in [0, 0.05) is 16.5 Å². The van der Waals surface area contributed by atoms with E-state index in [0.717, 1.165) is 16.9 Å². The Kier molecular flexibility index (Phi) is 4.71. The summed E-state index contributed by atoms with van der Waals surface area (Å²) in [6.45, 7) is 2.04. The molecule has 0 amide bonds. The second kappa shape index (κ2) is 6.11. The van der Waals surface area contributed by atoms with Gasteiger partial charge in [0.25, 0.3) is 0 Å². The van der Waals surface area contributed by atoms with Gasteiger partial charge in [0.1, 0.15) is 11.6 Å². The Morgan fingerprint density at radius 2 is 2.05 bits per heavy atom. The number of hydrogen-bond acceptors (Lipinski definition) is 2. The van der Waals surface area contributed by atoms with Gasteiger partial charge in [0.2, 0.25) is 0 Å². The van der Waals surface area contributed by atoms with Crippen molar-refractivity contribution in [2.24, 2.45) is 5.73 Å². The molecule has 2 aromatic rings. The summed E-state index contributed by atoms with van der Waals surface area (Å²) in [6.07, 6.45) is 1.03. The van der Waals surface area contributed by atoms with Gasteiger partial charge in [-0.15, -0.1) is 11.3 Å². The van der Waals surface area contributed by atoms with E-state index < -0.39 is 11.6 Å². The van der Waals surface area contributed by atoms with Crippen LogP contribution >= 0.6 is 27.3 Å². The zero-order chi connectivity index (χ0) is 14.0. The predicted molar refractivity (Wildman–Crippen MR) is 78.4 cm³/mol. The van der Waals surface area contributed by atoms with E-state index in [4.69, 9.17) is 5.73 Å². The highest BCUT2D eigenvalue weighted by atomic mass is 79.9. The van der Waals surface area contributed by atoms with Crippen molar-refractivity contribution in [3.05, 3.63) is 55.7 Å². The molecule has 0 aliphatic heterocycles. The molecule has 102 valence electrons. The van der Waals surface area contributed by atoms with E-state index in [-0.39, 0.29) is 22.5 Å². The lowest BCUT2D eigenvalue weighted by Gasteiger charge is -2.14. The minimum atomic E-state index is -0.565. The van der Waals surface area contributed by atoms with Gasteiger partial charge in [-0.25, -0.2) is 8.78 Å². The molecule has 2 rings (SSSR count). The van der Waals surface area contributed by atoms with Crippen molar-refractivity contribution in [2.45, 2.75) is 25.8 Å². The molecule has 1 nitrogen and oxygen atoms in total. The molecule has 0 spiro atoms. The van der Waals surface area contributed by atoms with Gasteiger partial charge in [-0.1, -0.05) is 6.92 Å². The summed E-state index contributed by atoms with van der Waals surface area (Å²) in [4.78, 5) is 1.00. The van der Waals surface area contributed by atoms with Gasteiger partial charge < -0.3 is 5.73 Å². The molecule has 0 saturated heterocycles. The minimum absolute atomic E-state index is 0.0392. The van der Waals surface area contributed by atoms with E-state index in [0.29, 0.717) is 0 Å². The molecule has 1 unspecified atom stereocenters. The van der Waals surface area contributed by atoms with Crippen molar-refractivity contribution >= 4 is 27.3 Å². The molecular weight excluding hydrogens is 332 g/mol. The first-order chi connectivity index (χ1) is 9.04. The van der Waals surface area contributed by atoms with E-state index in [9.17, 15) is 8.78 Å². The summed E-state index contributed by atoms with van der Waals surface area (Å²) in [5.41, 5.74) is 7.28. The van der Waals surface area contributed by atoms with Crippen molar-refractivity contribution < 1.29 is 8.78 Å². The Morgan fingerprint density at radius 1 is 1.32 bits per heavy atom. The van der Waals surface area contributed by atoms with Crippen LogP contribution in [0, 0.1) is 11.6 Å². The first kappa shape index (κ1) is 14.6. The second-order valence-corrected chi connectivity index (χ2v) is 6.10. The van der Waals surface area contributed by atoms with Crippen molar-refractivity contribution in [1.82, 2.24) is 0 Å². The Bertz CT molecular complexity index is 583. The highest BCUT2D eigenvalue weighted by Crippen LogP contribution is 2.29. The monoisotopic (exact) mass is 345 g/mol. The van der Waals surface area contributed by atoms with E-state index in [1.54, 1.807) is 0 Å². The van der Waals surface area contributed by atoms with Crippen LogP contribution in [0.15, 0.2) is 28.1 Å². The topological polar surface area (TPSA) is 26.0 Å². The number of rotatable bonds is 4. The van der Waals surface area contributed by atoms with Gasteiger partial charge >= 0.3 is 0 Å². The Hall–Kier alpha value is -0.780. The van der Waals surface area contributed by atoms with E-state index in [1.165, 1.54) is 23.5 Å². The summed E-state index contributed by atoms with van der Waals surface area (Å²) in [7, 11) is 0. The summed E-state index contributed by atoms with van der Waals surface area (Å²) in [5.74, 6) is -1.11. The number of aryl methyl sites for hydroxylation is 1. The van der Waals surface area contributed by atoms with Gasteiger partial charge in [0.05, 0.1) is 4.47 Å². The number of hydrogen-bond donors (Lipinski definition) is 1. The van der Waals surface area contributed by atoms with Crippen LogP contribution in [0.1, 0.15) is 29.0 Å². The first-order valence-electron chi connectivity index (χ1n) is 5.98. The van der Waals surface area contributed by atoms with E-state index in [2.05, 4.69) is 15.9 Å². The molecule has 19 heavy (non-hydrogen) atoms. The van der Waals surface area contributed by atoms with E-state index >= 15 is 0 Å². The zero-order valence-corrected chi connectivity index (χ0v) is 12.8. The molecule has 0 radical (unpaired) electrons. The summed E-state index contributed by atoms with van der Waals surface area (Å²) in [6, 6.07) is 4.24. The molecule has 1 aromatic heterocycles. The molecule has 0 fully saturated rings. The highest BCUT2D eigenvalue weighted by molar-refractivity contribution is 9.10. The molecule has 2 N–H and O–H groups in total. The summed E-state index contributed by atoms with van der Waals surface area (Å²) < 4.78 is 27.9. The fourth-order valence-corrected chi connectivity index (χ4v) is 3.41. The van der Waals surface area contributed by atoms with Crippen LogP contribution in [0.2, 0.25) is 0 Å². The zero-order valence-electron chi connectivity index (χ0n) is 10.4. The van der Waals surface area contributed by atoms with Gasteiger partial charge in [-0.2, -0.15) is 0 Å². The predicted octanol–water partition coefficient (Wildman–Crippen LogP) is 4.59. The lowest BCUT2D eigenvalue weighted by molar-refractivity contribution is 0.537. The third kappa shape index (κ3) is 3.04. The van der Waals surface area contributed by atoms with Gasteiger partial charge in [-0.05, 0) is 57.9 Å². The summed E-state index contributed by atoms with van der Waals surface area (Å²) >= 11 is 4.60. The maximum absolute atomic E-state index is 13.9. The molecule has 0 bridgehead atoms. The van der Waals surface area contributed by atoms with Crippen LogP contribution in [0.5, 0.6) is 0 Å². The van der Waals surface area contributed by atoms with Crippen molar-refractivity contribution in [1.29, 1.82) is 0 Å². The Morgan fingerprint density at radius 3 is 2.74 bits per heavy atom. The second-order valence-electron chi connectivity index (χ2n) is 4.30. The van der Waals surface area contributed by atoms with Crippen LogP contribution in [0.3, 0.4) is 0 Å². The molecule has 1 heterocycles. The number of nitrogens with two attached hydrogens (primary N) is 1. The molecule has 5 heteroatoms. The van der Waals surface area contributed by atoms with Crippen LogP contribution in [0.4, 0.5) is 8.78 Å². The van der Waals surface area contributed by atoms with Crippen molar-refractivity contribution in [3.63, 3.8) is 0 Å². The quantitative estimate of drug-likeness (QED) is 0.805. The lowest BCUT2D eigenvalue weighted by Crippen LogP contribution is -2.15. The fraction of sp³-hybridized carbons (Fsp3) is 0.286. The SMILES string of the molecule is CCc1ccsc1C(N)Cc1c(F)ccc(Br)c1F. The van der Waals surface area contributed by atoms with Gasteiger partial charge in [0.15, 0.2) is 0 Å². The normalized spacial score (nSPS) is 12.7. The van der Waals surface area contributed by atoms with E-state index in [1.807, 2.05) is 18.4 Å². The first-order valence-corrected chi connectivity index (χ1v) is 7.66. The Balaban J connectivity index is 2.29. The van der Waals surface area contributed by atoms with Crippen LogP contribution < -0.4 is 5.73 Å².